The Labute approximate surface area is 130 Å². The van der Waals surface area contributed by atoms with Gasteiger partial charge in [0.2, 0.25) is 0 Å². The lowest BCUT2D eigenvalue weighted by Gasteiger charge is -2.08. The fraction of sp³-hybridized carbons (Fsp3) is 0.200. The van der Waals surface area contributed by atoms with E-state index in [1.807, 2.05) is 0 Å². The number of nitrogens with one attached hydrogen (secondary N) is 2. The standard InChI is InChI=1S/C15H15BrFN3O/c1-2-8-18-14-5-3-4-13(20-14)15(21)19-10-6-7-12(17)11(16)9-10/h3-7,9H,2,8H2,1H3,(H,18,20)(H,19,21). The van der Waals surface area contributed by atoms with Gasteiger partial charge in [0.05, 0.1) is 4.47 Å². The first-order chi connectivity index (χ1) is 10.1. The molecule has 6 heteroatoms. The number of benzene rings is 1. The van der Waals surface area contributed by atoms with Crippen LogP contribution in [0.1, 0.15) is 23.8 Å². The Kier molecular flexibility index (Phi) is 5.27. The molecule has 0 aliphatic rings. The zero-order chi connectivity index (χ0) is 15.2. The molecule has 1 aromatic carbocycles. The number of carbonyl (C=O) groups is 1. The van der Waals surface area contributed by atoms with Gasteiger partial charge in [0, 0.05) is 12.2 Å². The number of aromatic nitrogens is 1. The van der Waals surface area contributed by atoms with Crippen LogP contribution in [-0.4, -0.2) is 17.4 Å². The molecule has 0 aliphatic heterocycles. The summed E-state index contributed by atoms with van der Waals surface area (Å²) < 4.78 is 13.4. The summed E-state index contributed by atoms with van der Waals surface area (Å²) in [5.74, 6) is -0.0599. The average Bonchev–Trinajstić information content (AvgIpc) is 2.49. The van der Waals surface area contributed by atoms with Crippen LogP contribution in [0.2, 0.25) is 0 Å². The minimum absolute atomic E-state index is 0.298. The molecule has 4 nitrogen and oxygen atoms in total. The third-order valence-corrected chi connectivity index (χ3v) is 3.32. The van der Waals surface area contributed by atoms with Crippen LogP contribution in [0.4, 0.5) is 15.9 Å². The van der Waals surface area contributed by atoms with Gasteiger partial charge in [-0.3, -0.25) is 4.79 Å². The van der Waals surface area contributed by atoms with Gasteiger partial charge in [0.25, 0.3) is 5.91 Å². The van der Waals surface area contributed by atoms with E-state index in [2.05, 4.69) is 38.5 Å². The SMILES string of the molecule is CCCNc1cccc(C(=O)Nc2ccc(F)c(Br)c2)n1. The Balaban J connectivity index is 2.10. The molecule has 0 saturated carbocycles. The largest absolute Gasteiger partial charge is 0.370 e. The fourth-order valence-electron chi connectivity index (χ4n) is 1.68. The fourth-order valence-corrected chi connectivity index (χ4v) is 2.06. The van der Waals surface area contributed by atoms with Crippen molar-refractivity contribution >= 4 is 33.3 Å². The molecule has 0 spiro atoms. The van der Waals surface area contributed by atoms with E-state index in [-0.39, 0.29) is 11.7 Å². The van der Waals surface area contributed by atoms with E-state index < -0.39 is 0 Å². The maximum absolute atomic E-state index is 13.2. The Morgan fingerprint density at radius 3 is 2.86 bits per heavy atom. The molecule has 2 N–H and O–H groups in total. The number of hydrogen-bond donors (Lipinski definition) is 2. The van der Waals surface area contributed by atoms with E-state index in [4.69, 9.17) is 0 Å². The summed E-state index contributed by atoms with van der Waals surface area (Å²) in [6.07, 6.45) is 0.974. The molecule has 2 aromatic rings. The van der Waals surface area contributed by atoms with Gasteiger partial charge >= 0.3 is 0 Å². The second kappa shape index (κ2) is 7.17. The number of rotatable bonds is 5. The zero-order valence-corrected chi connectivity index (χ0v) is 13.1. The molecule has 0 unspecified atom stereocenters. The quantitative estimate of drug-likeness (QED) is 0.853. The van der Waals surface area contributed by atoms with Crippen molar-refractivity contribution in [2.45, 2.75) is 13.3 Å². The van der Waals surface area contributed by atoms with E-state index in [1.165, 1.54) is 18.2 Å². The van der Waals surface area contributed by atoms with E-state index >= 15 is 0 Å². The maximum Gasteiger partial charge on any atom is 0.274 e. The Hall–Kier alpha value is -1.95. The minimum atomic E-state index is -0.378. The summed E-state index contributed by atoms with van der Waals surface area (Å²) in [5, 5.41) is 5.81. The molecular formula is C15H15BrFN3O. The summed E-state index contributed by atoms with van der Waals surface area (Å²) in [6, 6.07) is 9.49. The Morgan fingerprint density at radius 1 is 1.33 bits per heavy atom. The second-order valence-corrected chi connectivity index (χ2v) is 5.27. The summed E-state index contributed by atoms with van der Waals surface area (Å²) >= 11 is 3.08. The predicted octanol–water partition coefficient (Wildman–Crippen LogP) is 4.06. The minimum Gasteiger partial charge on any atom is -0.370 e. The average molecular weight is 352 g/mol. The number of hydrogen-bond acceptors (Lipinski definition) is 3. The van der Waals surface area contributed by atoms with Gasteiger partial charge in [-0.1, -0.05) is 13.0 Å². The maximum atomic E-state index is 13.2. The van der Waals surface area contributed by atoms with Gasteiger partial charge in [-0.25, -0.2) is 9.37 Å². The molecule has 1 aromatic heterocycles. The van der Waals surface area contributed by atoms with Gasteiger partial charge in [-0.15, -0.1) is 0 Å². The molecule has 0 bridgehead atoms. The van der Waals surface area contributed by atoms with Crippen molar-refractivity contribution in [1.82, 2.24) is 4.98 Å². The number of pyridine rings is 1. The Bertz CT molecular complexity index is 649. The molecule has 2 rings (SSSR count). The van der Waals surface area contributed by atoms with Gasteiger partial charge in [0.15, 0.2) is 0 Å². The van der Waals surface area contributed by atoms with E-state index in [9.17, 15) is 9.18 Å². The number of nitrogens with zero attached hydrogens (tertiary/aromatic N) is 1. The monoisotopic (exact) mass is 351 g/mol. The van der Waals surface area contributed by atoms with Crippen molar-refractivity contribution in [3.05, 3.63) is 52.4 Å². The lowest BCUT2D eigenvalue weighted by molar-refractivity contribution is 0.102. The molecule has 0 saturated heterocycles. The van der Waals surface area contributed by atoms with Crippen molar-refractivity contribution in [3.8, 4) is 0 Å². The summed E-state index contributed by atoms with van der Waals surface area (Å²) in [6.45, 7) is 2.85. The number of amides is 1. The summed E-state index contributed by atoms with van der Waals surface area (Å²) in [5.41, 5.74) is 0.804. The van der Waals surface area contributed by atoms with Gasteiger partial charge in [-0.2, -0.15) is 0 Å². The van der Waals surface area contributed by atoms with Crippen LogP contribution in [-0.2, 0) is 0 Å². The van der Waals surface area contributed by atoms with Crippen LogP contribution in [0.5, 0.6) is 0 Å². The molecule has 0 atom stereocenters. The number of anilines is 2. The molecule has 0 fully saturated rings. The van der Waals surface area contributed by atoms with Crippen molar-refractivity contribution in [2.75, 3.05) is 17.2 Å². The number of halogens is 2. The van der Waals surface area contributed by atoms with Crippen molar-refractivity contribution in [1.29, 1.82) is 0 Å². The van der Waals surface area contributed by atoms with Gasteiger partial charge in [0.1, 0.15) is 17.3 Å². The molecule has 0 aliphatic carbocycles. The van der Waals surface area contributed by atoms with Gasteiger partial charge in [-0.05, 0) is 52.7 Å². The van der Waals surface area contributed by atoms with E-state index in [1.54, 1.807) is 18.2 Å². The van der Waals surface area contributed by atoms with Crippen molar-refractivity contribution in [3.63, 3.8) is 0 Å². The normalized spacial score (nSPS) is 10.2. The van der Waals surface area contributed by atoms with Crippen LogP contribution < -0.4 is 10.6 Å². The topological polar surface area (TPSA) is 54.0 Å². The van der Waals surface area contributed by atoms with Crippen molar-refractivity contribution < 1.29 is 9.18 Å². The van der Waals surface area contributed by atoms with Crippen LogP contribution in [0, 0.1) is 5.82 Å². The van der Waals surface area contributed by atoms with Gasteiger partial charge < -0.3 is 10.6 Å². The zero-order valence-electron chi connectivity index (χ0n) is 11.5. The smallest absolute Gasteiger partial charge is 0.274 e. The van der Waals surface area contributed by atoms with Crippen LogP contribution in [0.3, 0.4) is 0 Å². The predicted molar refractivity (Wildman–Crippen MR) is 85.1 cm³/mol. The first-order valence-corrected chi connectivity index (χ1v) is 7.37. The van der Waals surface area contributed by atoms with Crippen LogP contribution in [0.25, 0.3) is 0 Å². The molecule has 21 heavy (non-hydrogen) atoms. The summed E-state index contributed by atoms with van der Waals surface area (Å²) in [7, 11) is 0. The molecule has 0 radical (unpaired) electrons. The highest BCUT2D eigenvalue weighted by Crippen LogP contribution is 2.20. The molecule has 1 amide bonds. The lowest BCUT2D eigenvalue weighted by Crippen LogP contribution is -2.14. The van der Waals surface area contributed by atoms with E-state index in [0.717, 1.165) is 13.0 Å². The third-order valence-electron chi connectivity index (χ3n) is 2.72. The molecular weight excluding hydrogens is 337 g/mol. The third kappa shape index (κ3) is 4.26. The van der Waals surface area contributed by atoms with Crippen LogP contribution in [0.15, 0.2) is 40.9 Å². The highest BCUT2D eigenvalue weighted by Gasteiger charge is 2.09. The van der Waals surface area contributed by atoms with Crippen LogP contribution >= 0.6 is 15.9 Å². The highest BCUT2D eigenvalue weighted by molar-refractivity contribution is 9.10. The Morgan fingerprint density at radius 2 is 2.14 bits per heavy atom. The van der Waals surface area contributed by atoms with E-state index in [0.29, 0.717) is 21.7 Å². The lowest BCUT2D eigenvalue weighted by atomic mass is 10.3. The highest BCUT2D eigenvalue weighted by atomic mass is 79.9. The first-order valence-electron chi connectivity index (χ1n) is 6.57. The number of carbonyl (C=O) groups excluding carboxylic acids is 1. The first kappa shape index (κ1) is 15.4. The van der Waals surface area contributed by atoms with Crippen molar-refractivity contribution in [2.24, 2.45) is 0 Å². The molecule has 1 heterocycles. The summed E-state index contributed by atoms with van der Waals surface area (Å²) in [4.78, 5) is 16.4. The second-order valence-electron chi connectivity index (χ2n) is 4.42. The molecule has 110 valence electrons.